The summed E-state index contributed by atoms with van der Waals surface area (Å²) in [6.07, 6.45) is 1.96. The van der Waals surface area contributed by atoms with Gasteiger partial charge in [-0.3, -0.25) is 4.79 Å². The third-order valence-corrected chi connectivity index (χ3v) is 5.55. The molecule has 2 N–H and O–H groups in total. The zero-order chi connectivity index (χ0) is 17.7. The SMILES string of the molecule is CSc1cccc(NC(=O)c2ccc(S(=O)(=O)NC(C)C)cc2)c1. The first-order chi connectivity index (χ1) is 11.3. The third kappa shape index (κ3) is 4.83. The Morgan fingerprint density at radius 2 is 1.75 bits per heavy atom. The summed E-state index contributed by atoms with van der Waals surface area (Å²) in [6, 6.07) is 13.2. The number of nitrogens with one attached hydrogen (secondary N) is 2. The van der Waals surface area contributed by atoms with E-state index >= 15 is 0 Å². The Labute approximate surface area is 146 Å². The van der Waals surface area contributed by atoms with Gasteiger partial charge in [0.1, 0.15) is 0 Å². The van der Waals surface area contributed by atoms with E-state index in [0.717, 1.165) is 4.90 Å². The summed E-state index contributed by atoms with van der Waals surface area (Å²) >= 11 is 1.59. The summed E-state index contributed by atoms with van der Waals surface area (Å²) in [4.78, 5) is 13.5. The summed E-state index contributed by atoms with van der Waals surface area (Å²) in [5, 5.41) is 2.81. The monoisotopic (exact) mass is 364 g/mol. The summed E-state index contributed by atoms with van der Waals surface area (Å²) in [5.41, 5.74) is 1.10. The first-order valence-electron chi connectivity index (χ1n) is 7.39. The predicted octanol–water partition coefficient (Wildman–Crippen LogP) is 3.35. The van der Waals surface area contributed by atoms with Crippen molar-refractivity contribution >= 4 is 33.4 Å². The molecule has 0 heterocycles. The van der Waals surface area contributed by atoms with E-state index in [9.17, 15) is 13.2 Å². The molecule has 0 saturated heterocycles. The van der Waals surface area contributed by atoms with Gasteiger partial charge >= 0.3 is 0 Å². The molecule has 128 valence electrons. The minimum absolute atomic E-state index is 0.136. The lowest BCUT2D eigenvalue weighted by molar-refractivity contribution is 0.102. The van der Waals surface area contributed by atoms with Gasteiger partial charge in [-0.2, -0.15) is 0 Å². The van der Waals surface area contributed by atoms with Crippen LogP contribution in [-0.2, 0) is 10.0 Å². The number of hydrogen-bond acceptors (Lipinski definition) is 4. The van der Waals surface area contributed by atoms with Crippen LogP contribution in [0.25, 0.3) is 0 Å². The second-order valence-corrected chi connectivity index (χ2v) is 8.08. The maximum absolute atomic E-state index is 12.3. The molecule has 2 aromatic rings. The second kappa shape index (κ2) is 7.83. The average molecular weight is 364 g/mol. The molecule has 24 heavy (non-hydrogen) atoms. The molecule has 0 aromatic heterocycles. The van der Waals surface area contributed by atoms with Crippen LogP contribution in [0.5, 0.6) is 0 Å². The van der Waals surface area contributed by atoms with Crippen LogP contribution in [0.1, 0.15) is 24.2 Å². The first-order valence-corrected chi connectivity index (χ1v) is 10.1. The Morgan fingerprint density at radius 3 is 2.33 bits per heavy atom. The van der Waals surface area contributed by atoms with Gasteiger partial charge in [0.2, 0.25) is 10.0 Å². The van der Waals surface area contributed by atoms with Crippen molar-refractivity contribution in [1.82, 2.24) is 4.72 Å². The fourth-order valence-electron chi connectivity index (χ4n) is 2.07. The van der Waals surface area contributed by atoms with Gasteiger partial charge < -0.3 is 5.32 Å². The Bertz CT molecular complexity index is 816. The van der Waals surface area contributed by atoms with Gasteiger partial charge in [-0.1, -0.05) is 6.07 Å². The fraction of sp³-hybridized carbons (Fsp3) is 0.235. The van der Waals surface area contributed by atoms with Gasteiger partial charge in [0, 0.05) is 22.2 Å². The lowest BCUT2D eigenvalue weighted by Crippen LogP contribution is -2.30. The standard InChI is InChI=1S/C17H20N2O3S2/c1-12(2)19-24(21,22)16-9-7-13(8-10-16)17(20)18-14-5-4-6-15(11-14)23-3/h4-12,19H,1-3H3,(H,18,20). The van der Waals surface area contributed by atoms with Crippen molar-refractivity contribution in [3.8, 4) is 0 Å². The smallest absolute Gasteiger partial charge is 0.255 e. The summed E-state index contributed by atoms with van der Waals surface area (Å²) < 4.78 is 26.6. The maximum atomic E-state index is 12.3. The van der Waals surface area contributed by atoms with Gasteiger partial charge in [0.25, 0.3) is 5.91 Å². The van der Waals surface area contributed by atoms with Gasteiger partial charge in [0.05, 0.1) is 4.90 Å². The molecule has 2 aromatic carbocycles. The molecule has 2 rings (SSSR count). The van der Waals surface area contributed by atoms with Crippen molar-refractivity contribution < 1.29 is 13.2 Å². The molecule has 0 aliphatic rings. The van der Waals surface area contributed by atoms with Crippen molar-refractivity contribution in [2.75, 3.05) is 11.6 Å². The van der Waals surface area contributed by atoms with E-state index < -0.39 is 10.0 Å². The van der Waals surface area contributed by atoms with Gasteiger partial charge in [-0.25, -0.2) is 13.1 Å². The van der Waals surface area contributed by atoms with Crippen LogP contribution in [0.3, 0.4) is 0 Å². The molecule has 0 radical (unpaired) electrons. The van der Waals surface area contributed by atoms with Crippen LogP contribution in [0, 0.1) is 0 Å². The zero-order valence-electron chi connectivity index (χ0n) is 13.7. The predicted molar refractivity (Wildman–Crippen MR) is 98.1 cm³/mol. The highest BCUT2D eigenvalue weighted by atomic mass is 32.2. The van der Waals surface area contributed by atoms with Crippen LogP contribution in [0.2, 0.25) is 0 Å². The van der Waals surface area contributed by atoms with Crippen LogP contribution < -0.4 is 10.0 Å². The average Bonchev–Trinajstić information content (AvgIpc) is 2.54. The lowest BCUT2D eigenvalue weighted by Gasteiger charge is -2.10. The van der Waals surface area contributed by atoms with E-state index in [0.29, 0.717) is 11.3 Å². The quantitative estimate of drug-likeness (QED) is 0.771. The van der Waals surface area contributed by atoms with Crippen LogP contribution in [-0.4, -0.2) is 26.6 Å². The summed E-state index contributed by atoms with van der Waals surface area (Å²) in [6.45, 7) is 3.50. The molecule has 0 aliphatic heterocycles. The highest BCUT2D eigenvalue weighted by Gasteiger charge is 2.16. The Hall–Kier alpha value is -1.83. The molecule has 0 aliphatic carbocycles. The molecule has 0 unspecified atom stereocenters. The molecule has 0 saturated carbocycles. The zero-order valence-corrected chi connectivity index (χ0v) is 15.4. The van der Waals surface area contributed by atoms with Crippen molar-refractivity contribution in [1.29, 1.82) is 0 Å². The topological polar surface area (TPSA) is 75.3 Å². The van der Waals surface area contributed by atoms with E-state index in [1.807, 2.05) is 30.5 Å². The Kier molecular flexibility index (Phi) is 6.04. The van der Waals surface area contributed by atoms with Crippen molar-refractivity contribution in [2.45, 2.75) is 29.7 Å². The fourth-order valence-corrected chi connectivity index (χ4v) is 3.78. The summed E-state index contributed by atoms with van der Waals surface area (Å²) in [7, 11) is -3.55. The van der Waals surface area contributed by atoms with E-state index in [1.165, 1.54) is 24.3 Å². The number of amides is 1. The van der Waals surface area contributed by atoms with Crippen molar-refractivity contribution in [3.05, 3.63) is 54.1 Å². The molecule has 0 bridgehead atoms. The molecular formula is C17H20N2O3S2. The van der Waals surface area contributed by atoms with E-state index in [4.69, 9.17) is 0 Å². The number of carbonyl (C=O) groups excluding carboxylic acids is 1. The van der Waals surface area contributed by atoms with Crippen molar-refractivity contribution in [2.24, 2.45) is 0 Å². The maximum Gasteiger partial charge on any atom is 0.255 e. The number of benzene rings is 2. The number of thioether (sulfide) groups is 1. The number of hydrogen-bond donors (Lipinski definition) is 2. The van der Waals surface area contributed by atoms with Crippen LogP contribution >= 0.6 is 11.8 Å². The molecule has 7 heteroatoms. The highest BCUT2D eigenvalue weighted by molar-refractivity contribution is 7.98. The number of anilines is 1. The van der Waals surface area contributed by atoms with Gasteiger partial charge in [-0.15, -0.1) is 11.8 Å². The molecule has 5 nitrogen and oxygen atoms in total. The Balaban J connectivity index is 2.14. The molecule has 1 amide bonds. The van der Waals surface area contributed by atoms with E-state index in [1.54, 1.807) is 25.6 Å². The van der Waals surface area contributed by atoms with Crippen molar-refractivity contribution in [3.63, 3.8) is 0 Å². The second-order valence-electron chi connectivity index (χ2n) is 5.49. The van der Waals surface area contributed by atoms with Gasteiger partial charge in [-0.05, 0) is 62.6 Å². The van der Waals surface area contributed by atoms with E-state index in [2.05, 4.69) is 10.0 Å². The number of carbonyl (C=O) groups is 1. The molecule has 0 atom stereocenters. The number of sulfonamides is 1. The minimum Gasteiger partial charge on any atom is -0.322 e. The van der Waals surface area contributed by atoms with E-state index in [-0.39, 0.29) is 16.8 Å². The summed E-state index contributed by atoms with van der Waals surface area (Å²) in [5.74, 6) is -0.283. The third-order valence-electron chi connectivity index (χ3n) is 3.15. The van der Waals surface area contributed by atoms with Crippen LogP contribution in [0.4, 0.5) is 5.69 Å². The highest BCUT2D eigenvalue weighted by Crippen LogP contribution is 2.20. The molecule has 0 spiro atoms. The number of rotatable bonds is 6. The minimum atomic E-state index is -3.55. The largest absolute Gasteiger partial charge is 0.322 e. The molecular weight excluding hydrogens is 344 g/mol. The Morgan fingerprint density at radius 1 is 1.08 bits per heavy atom. The normalized spacial score (nSPS) is 11.5. The van der Waals surface area contributed by atoms with Gasteiger partial charge in [0.15, 0.2) is 0 Å². The first kappa shape index (κ1) is 18.5. The van der Waals surface area contributed by atoms with Crippen LogP contribution in [0.15, 0.2) is 58.3 Å². The lowest BCUT2D eigenvalue weighted by atomic mass is 10.2. The molecule has 0 fully saturated rings.